The summed E-state index contributed by atoms with van der Waals surface area (Å²) in [6, 6.07) is 5.70. The van der Waals surface area contributed by atoms with Gasteiger partial charge in [0.25, 0.3) is 0 Å². The van der Waals surface area contributed by atoms with Gasteiger partial charge in [-0.3, -0.25) is 0 Å². The van der Waals surface area contributed by atoms with Crippen molar-refractivity contribution in [3.05, 3.63) is 58.6 Å². The molecule has 0 amide bonds. The van der Waals surface area contributed by atoms with Gasteiger partial charge in [0.2, 0.25) is 0 Å². The van der Waals surface area contributed by atoms with E-state index < -0.39 is 35.0 Å². The van der Waals surface area contributed by atoms with E-state index in [1.807, 2.05) is 0 Å². The second-order valence-electron chi connectivity index (χ2n) is 5.70. The van der Waals surface area contributed by atoms with Crippen molar-refractivity contribution in [3.8, 4) is 22.8 Å². The molecule has 0 unspecified atom stereocenters. The van der Waals surface area contributed by atoms with Crippen molar-refractivity contribution in [2.45, 2.75) is 13.1 Å². The molecule has 0 aliphatic rings. The number of carbonyl (C=O) groups excluding carboxylic acids is 1. The molecule has 0 atom stereocenters. The first-order chi connectivity index (χ1) is 13.6. The normalized spacial score (nSPS) is 11.5. The number of alkyl halides is 3. The van der Waals surface area contributed by atoms with Crippen molar-refractivity contribution in [3.63, 3.8) is 0 Å². The van der Waals surface area contributed by atoms with Gasteiger partial charge in [-0.2, -0.15) is 18.3 Å². The Morgan fingerprint density at radius 3 is 2.69 bits per heavy atom. The van der Waals surface area contributed by atoms with E-state index in [2.05, 4.69) is 14.8 Å². The quantitative estimate of drug-likeness (QED) is 0.483. The molecule has 152 valence electrons. The monoisotopic (exact) mass is 429 g/mol. The summed E-state index contributed by atoms with van der Waals surface area (Å²) in [5.74, 6) is -2.75. The van der Waals surface area contributed by atoms with E-state index in [1.54, 1.807) is 0 Å². The minimum absolute atomic E-state index is 0.0530. The first-order valence-electron chi connectivity index (χ1n) is 8.11. The molecule has 29 heavy (non-hydrogen) atoms. The number of carbonyl (C=O) groups is 1. The summed E-state index contributed by atoms with van der Waals surface area (Å²) in [5, 5.41) is 13.4. The highest BCUT2D eigenvalue weighted by molar-refractivity contribution is 6.32. The summed E-state index contributed by atoms with van der Waals surface area (Å²) in [6.07, 6.45) is -4.22. The zero-order valence-corrected chi connectivity index (χ0v) is 15.4. The van der Waals surface area contributed by atoms with Crippen LogP contribution in [-0.4, -0.2) is 32.4 Å². The molecule has 0 spiro atoms. The molecule has 11 heteroatoms. The van der Waals surface area contributed by atoms with Crippen molar-refractivity contribution >= 4 is 17.6 Å². The minimum atomic E-state index is -4.94. The van der Waals surface area contributed by atoms with E-state index in [-0.39, 0.29) is 28.7 Å². The number of halogens is 5. The van der Waals surface area contributed by atoms with Crippen molar-refractivity contribution in [1.82, 2.24) is 14.8 Å². The standard InChI is InChI=1S/C18H12ClF4N3O3/c1-2-29-17(28)11-8-24-26(16(11)18(21,22)23)14-5-3-4-13(25-14)10-6-9(20)7-12(19)15(10)27/h3-8,27H,2H2,1H3. The van der Waals surface area contributed by atoms with Gasteiger partial charge in [0.05, 0.1) is 23.5 Å². The number of phenols is 1. The fourth-order valence-corrected chi connectivity index (χ4v) is 2.81. The predicted octanol–water partition coefficient (Wildman–Crippen LogP) is 4.63. The van der Waals surface area contributed by atoms with Gasteiger partial charge >= 0.3 is 12.1 Å². The summed E-state index contributed by atoms with van der Waals surface area (Å²) in [5.41, 5.74) is -2.32. The van der Waals surface area contributed by atoms with Crippen LogP contribution in [-0.2, 0) is 10.9 Å². The molecule has 1 N–H and O–H groups in total. The van der Waals surface area contributed by atoms with Crippen LogP contribution in [0.25, 0.3) is 17.1 Å². The molecule has 0 radical (unpaired) electrons. The number of hydrogen-bond donors (Lipinski definition) is 1. The Kier molecular flexibility index (Phi) is 5.47. The van der Waals surface area contributed by atoms with Gasteiger partial charge in [-0.05, 0) is 31.2 Å². The first-order valence-corrected chi connectivity index (χ1v) is 8.49. The maximum absolute atomic E-state index is 13.7. The van der Waals surface area contributed by atoms with Gasteiger partial charge in [-0.25, -0.2) is 18.9 Å². The van der Waals surface area contributed by atoms with E-state index in [9.17, 15) is 27.5 Å². The Hall–Kier alpha value is -3.14. The molecule has 2 heterocycles. The Balaban J connectivity index is 2.17. The van der Waals surface area contributed by atoms with Crippen LogP contribution in [0, 0.1) is 5.82 Å². The second kappa shape index (κ2) is 7.70. The number of nitrogens with zero attached hydrogens (tertiary/aromatic N) is 3. The van der Waals surface area contributed by atoms with Crippen molar-refractivity contribution in [2.75, 3.05) is 6.61 Å². The van der Waals surface area contributed by atoms with Crippen molar-refractivity contribution < 1.29 is 32.2 Å². The van der Waals surface area contributed by atoms with Crippen LogP contribution < -0.4 is 0 Å². The van der Waals surface area contributed by atoms with Crippen LogP contribution in [0.2, 0.25) is 5.02 Å². The summed E-state index contributed by atoms with van der Waals surface area (Å²) < 4.78 is 59.6. The maximum Gasteiger partial charge on any atom is 0.434 e. The van der Waals surface area contributed by atoms with E-state index in [1.165, 1.54) is 25.1 Å². The molecule has 0 aliphatic carbocycles. The van der Waals surface area contributed by atoms with Gasteiger partial charge in [0.1, 0.15) is 17.1 Å². The van der Waals surface area contributed by atoms with Crippen LogP contribution in [0.15, 0.2) is 36.5 Å². The highest BCUT2D eigenvalue weighted by Crippen LogP contribution is 2.37. The summed E-state index contributed by atoms with van der Waals surface area (Å²) >= 11 is 5.74. The van der Waals surface area contributed by atoms with E-state index in [0.717, 1.165) is 18.3 Å². The van der Waals surface area contributed by atoms with Crippen LogP contribution in [0.5, 0.6) is 5.75 Å². The van der Waals surface area contributed by atoms with Gasteiger partial charge in [0.15, 0.2) is 11.5 Å². The van der Waals surface area contributed by atoms with Crippen LogP contribution in [0.3, 0.4) is 0 Å². The number of pyridine rings is 1. The van der Waals surface area contributed by atoms with Gasteiger partial charge < -0.3 is 9.84 Å². The SMILES string of the molecule is CCOC(=O)c1cnn(-c2cccc(-c3cc(F)cc(Cl)c3O)n2)c1C(F)(F)F. The minimum Gasteiger partial charge on any atom is -0.506 e. The molecule has 6 nitrogen and oxygen atoms in total. The molecule has 0 aliphatic heterocycles. The smallest absolute Gasteiger partial charge is 0.434 e. The fraction of sp³-hybridized carbons (Fsp3) is 0.167. The Bertz CT molecular complexity index is 1080. The summed E-state index contributed by atoms with van der Waals surface area (Å²) in [7, 11) is 0. The average molecular weight is 430 g/mol. The molecule has 3 rings (SSSR count). The highest BCUT2D eigenvalue weighted by Gasteiger charge is 2.41. The zero-order chi connectivity index (χ0) is 21.3. The van der Waals surface area contributed by atoms with E-state index >= 15 is 0 Å². The Labute approximate surface area is 166 Å². The van der Waals surface area contributed by atoms with Crippen molar-refractivity contribution in [1.29, 1.82) is 0 Å². The number of esters is 1. The zero-order valence-electron chi connectivity index (χ0n) is 14.7. The largest absolute Gasteiger partial charge is 0.506 e. The molecule has 0 fully saturated rings. The number of ether oxygens (including phenoxy) is 1. The molecule has 0 bridgehead atoms. The molecular formula is C18H12ClF4N3O3. The first kappa shape index (κ1) is 20.6. The topological polar surface area (TPSA) is 77.2 Å². The molecule has 2 aromatic heterocycles. The summed E-state index contributed by atoms with van der Waals surface area (Å²) in [4.78, 5) is 15.9. The molecular weight excluding hydrogens is 418 g/mol. The highest BCUT2D eigenvalue weighted by atomic mass is 35.5. The lowest BCUT2D eigenvalue weighted by Crippen LogP contribution is -2.19. The average Bonchev–Trinajstić information content (AvgIpc) is 3.11. The van der Waals surface area contributed by atoms with Crippen LogP contribution in [0.1, 0.15) is 23.0 Å². The van der Waals surface area contributed by atoms with Crippen molar-refractivity contribution in [2.24, 2.45) is 0 Å². The number of benzene rings is 1. The third-order valence-electron chi connectivity index (χ3n) is 3.79. The second-order valence-corrected chi connectivity index (χ2v) is 6.11. The fourth-order valence-electron chi connectivity index (χ4n) is 2.61. The third kappa shape index (κ3) is 4.02. The maximum atomic E-state index is 13.7. The number of hydrogen-bond acceptors (Lipinski definition) is 5. The third-order valence-corrected chi connectivity index (χ3v) is 4.08. The molecule has 3 aromatic rings. The lowest BCUT2D eigenvalue weighted by atomic mass is 10.1. The molecule has 0 saturated carbocycles. The lowest BCUT2D eigenvalue weighted by Gasteiger charge is -2.13. The number of aromatic nitrogens is 3. The van der Waals surface area contributed by atoms with Crippen LogP contribution >= 0.6 is 11.6 Å². The van der Waals surface area contributed by atoms with Gasteiger partial charge in [-0.15, -0.1) is 0 Å². The van der Waals surface area contributed by atoms with E-state index in [0.29, 0.717) is 4.68 Å². The van der Waals surface area contributed by atoms with Gasteiger partial charge in [-0.1, -0.05) is 17.7 Å². The Morgan fingerprint density at radius 2 is 2.03 bits per heavy atom. The predicted molar refractivity (Wildman–Crippen MR) is 94.4 cm³/mol. The summed E-state index contributed by atoms with van der Waals surface area (Å²) in [6.45, 7) is 1.34. The molecule has 1 aromatic carbocycles. The Morgan fingerprint density at radius 1 is 1.31 bits per heavy atom. The molecule has 0 saturated heterocycles. The van der Waals surface area contributed by atoms with Crippen LogP contribution in [0.4, 0.5) is 17.6 Å². The van der Waals surface area contributed by atoms with E-state index in [4.69, 9.17) is 11.6 Å². The number of rotatable bonds is 4. The van der Waals surface area contributed by atoms with Gasteiger partial charge in [0, 0.05) is 5.56 Å². The number of phenolic OH excluding ortho intramolecular Hbond substituents is 1. The lowest BCUT2D eigenvalue weighted by molar-refractivity contribution is -0.143. The number of aromatic hydroxyl groups is 1.